The van der Waals surface area contributed by atoms with Crippen LogP contribution in [0.5, 0.6) is 5.75 Å². The number of methoxy groups -OCH3 is 1. The van der Waals surface area contributed by atoms with Crippen LogP contribution in [0.25, 0.3) is 0 Å². The smallest absolute Gasteiger partial charge is 0.172 e. The van der Waals surface area contributed by atoms with Crippen molar-refractivity contribution >= 4 is 33.1 Å². The van der Waals surface area contributed by atoms with E-state index in [0.717, 1.165) is 21.6 Å². The second-order valence-electron chi connectivity index (χ2n) is 4.38. The first-order chi connectivity index (χ1) is 10.1. The van der Waals surface area contributed by atoms with Crippen LogP contribution in [0.3, 0.4) is 0 Å². The summed E-state index contributed by atoms with van der Waals surface area (Å²) < 4.78 is 6.28. The molecule has 0 fully saturated rings. The number of nitrogens with two attached hydrogens (primary N) is 1. The first kappa shape index (κ1) is 15.2. The summed E-state index contributed by atoms with van der Waals surface area (Å²) in [7, 11) is 3.52. The van der Waals surface area contributed by atoms with Gasteiger partial charge >= 0.3 is 0 Å². The number of benzene rings is 2. The number of rotatable bonds is 4. The Morgan fingerprint density at radius 1 is 1.24 bits per heavy atom. The van der Waals surface area contributed by atoms with Crippen LogP contribution in [0, 0.1) is 0 Å². The lowest BCUT2D eigenvalue weighted by Gasteiger charge is -2.24. The van der Waals surface area contributed by atoms with Crippen molar-refractivity contribution < 1.29 is 9.94 Å². The lowest BCUT2D eigenvalue weighted by Crippen LogP contribution is -2.20. The van der Waals surface area contributed by atoms with Crippen LogP contribution in [0.4, 0.5) is 11.4 Å². The second-order valence-corrected chi connectivity index (χ2v) is 5.29. The molecule has 0 aromatic heterocycles. The predicted octanol–water partition coefficient (Wildman–Crippen LogP) is 3.32. The minimum Gasteiger partial charge on any atom is -0.495 e. The van der Waals surface area contributed by atoms with Crippen molar-refractivity contribution in [3.63, 3.8) is 0 Å². The normalized spacial score (nSPS) is 11.3. The summed E-state index contributed by atoms with van der Waals surface area (Å²) in [5.74, 6) is 0.796. The van der Waals surface area contributed by atoms with Crippen molar-refractivity contribution in [2.24, 2.45) is 10.9 Å². The average molecular weight is 350 g/mol. The van der Waals surface area contributed by atoms with Gasteiger partial charge in [-0.1, -0.05) is 33.2 Å². The molecule has 5 nitrogen and oxygen atoms in total. The molecule has 0 atom stereocenters. The molecule has 3 N–H and O–H groups in total. The first-order valence-corrected chi connectivity index (χ1v) is 7.02. The topological polar surface area (TPSA) is 71.1 Å². The molecule has 0 saturated heterocycles. The summed E-state index contributed by atoms with van der Waals surface area (Å²) in [6.45, 7) is 0. The summed E-state index contributed by atoms with van der Waals surface area (Å²) in [5, 5.41) is 12.0. The lowest BCUT2D eigenvalue weighted by molar-refractivity contribution is 0.318. The van der Waals surface area contributed by atoms with Gasteiger partial charge in [-0.15, -0.1) is 0 Å². The third-order valence-corrected chi connectivity index (χ3v) is 3.64. The molecule has 6 heteroatoms. The molecule has 0 amide bonds. The minimum atomic E-state index is 0.0549. The number of nitrogens with zero attached hydrogens (tertiary/aromatic N) is 2. The highest BCUT2D eigenvalue weighted by Crippen LogP contribution is 2.35. The quantitative estimate of drug-likeness (QED) is 0.384. The van der Waals surface area contributed by atoms with Gasteiger partial charge in [-0.25, -0.2) is 0 Å². The number of halogens is 1. The fourth-order valence-electron chi connectivity index (χ4n) is 2.09. The Kier molecular flexibility index (Phi) is 4.70. The Bertz CT molecular complexity index is 674. The van der Waals surface area contributed by atoms with E-state index in [9.17, 15) is 0 Å². The summed E-state index contributed by atoms with van der Waals surface area (Å²) in [6, 6.07) is 13.2. The van der Waals surface area contributed by atoms with Crippen LogP contribution in [0.1, 0.15) is 5.56 Å². The summed E-state index contributed by atoms with van der Waals surface area (Å²) in [5.41, 5.74) is 8.07. The third-order valence-electron chi connectivity index (χ3n) is 3.15. The Morgan fingerprint density at radius 2 is 1.95 bits per heavy atom. The van der Waals surface area contributed by atoms with Crippen LogP contribution >= 0.6 is 15.9 Å². The number of hydrogen-bond acceptors (Lipinski definition) is 4. The standard InChI is InChI=1S/C15H16BrN3O2/c1-19(12-5-3-4-6-14(12)21-2)13-9-10(16)7-8-11(13)15(17)18-20/h3-9,20H,1-2H3,(H2,17,18). The second kappa shape index (κ2) is 6.49. The molecule has 0 aliphatic carbocycles. The number of amidine groups is 1. The molecule has 0 heterocycles. The fraction of sp³-hybridized carbons (Fsp3) is 0.133. The first-order valence-electron chi connectivity index (χ1n) is 6.22. The van der Waals surface area contributed by atoms with E-state index in [0.29, 0.717) is 5.56 Å². The zero-order valence-electron chi connectivity index (χ0n) is 11.7. The predicted molar refractivity (Wildman–Crippen MR) is 87.7 cm³/mol. The molecular formula is C15H16BrN3O2. The number of hydrogen-bond donors (Lipinski definition) is 2. The Labute approximate surface area is 131 Å². The zero-order valence-corrected chi connectivity index (χ0v) is 13.3. The van der Waals surface area contributed by atoms with Gasteiger partial charge in [0.25, 0.3) is 0 Å². The van der Waals surface area contributed by atoms with Crippen molar-refractivity contribution in [3.8, 4) is 5.75 Å². The summed E-state index contributed by atoms with van der Waals surface area (Å²) in [6.07, 6.45) is 0. The lowest BCUT2D eigenvalue weighted by atomic mass is 10.1. The van der Waals surface area contributed by atoms with Gasteiger partial charge in [-0.2, -0.15) is 0 Å². The van der Waals surface area contributed by atoms with Gasteiger partial charge in [-0.05, 0) is 30.3 Å². The molecule has 2 aromatic rings. The van der Waals surface area contributed by atoms with Gasteiger partial charge in [0.1, 0.15) is 5.75 Å². The van der Waals surface area contributed by atoms with Gasteiger partial charge in [0.15, 0.2) is 5.84 Å². The Hall–Kier alpha value is -2.21. The molecule has 110 valence electrons. The third kappa shape index (κ3) is 3.11. The van der Waals surface area contributed by atoms with E-state index in [1.54, 1.807) is 13.2 Å². The van der Waals surface area contributed by atoms with Crippen molar-refractivity contribution in [3.05, 3.63) is 52.5 Å². The maximum absolute atomic E-state index is 8.94. The monoisotopic (exact) mass is 349 g/mol. The molecule has 2 rings (SSSR count). The molecule has 0 radical (unpaired) electrons. The molecule has 0 spiro atoms. The SMILES string of the molecule is COc1ccccc1N(C)c1cc(Br)ccc1/C(N)=N/O. The molecule has 2 aromatic carbocycles. The van der Waals surface area contributed by atoms with Crippen LogP contribution in [-0.2, 0) is 0 Å². The molecule has 0 bridgehead atoms. The molecule has 0 saturated carbocycles. The van der Waals surface area contributed by atoms with E-state index in [2.05, 4.69) is 21.1 Å². The minimum absolute atomic E-state index is 0.0549. The van der Waals surface area contributed by atoms with Crippen molar-refractivity contribution in [1.82, 2.24) is 0 Å². The Balaban J connectivity index is 2.57. The van der Waals surface area contributed by atoms with Gasteiger partial charge in [-0.3, -0.25) is 0 Å². The number of oxime groups is 1. The molecule has 0 aliphatic rings. The van der Waals surface area contributed by atoms with Crippen LogP contribution in [0.15, 0.2) is 52.1 Å². The molecule has 21 heavy (non-hydrogen) atoms. The van der Waals surface area contributed by atoms with Gasteiger partial charge in [0.05, 0.1) is 18.5 Å². The molecule has 0 unspecified atom stereocenters. The summed E-state index contributed by atoms with van der Waals surface area (Å²) in [4.78, 5) is 1.93. The molecular weight excluding hydrogens is 334 g/mol. The van der Waals surface area contributed by atoms with E-state index in [-0.39, 0.29) is 5.84 Å². The fourth-order valence-corrected chi connectivity index (χ4v) is 2.44. The summed E-state index contributed by atoms with van der Waals surface area (Å²) >= 11 is 3.44. The maximum Gasteiger partial charge on any atom is 0.172 e. The van der Waals surface area contributed by atoms with Crippen molar-refractivity contribution in [2.45, 2.75) is 0 Å². The highest BCUT2D eigenvalue weighted by molar-refractivity contribution is 9.10. The van der Waals surface area contributed by atoms with Crippen molar-refractivity contribution in [2.75, 3.05) is 19.1 Å². The molecule has 0 aliphatic heterocycles. The number of ether oxygens (including phenoxy) is 1. The van der Waals surface area contributed by atoms with E-state index in [4.69, 9.17) is 15.7 Å². The van der Waals surface area contributed by atoms with E-state index >= 15 is 0 Å². The zero-order chi connectivity index (χ0) is 15.4. The number of anilines is 2. The van der Waals surface area contributed by atoms with Crippen LogP contribution < -0.4 is 15.4 Å². The van der Waals surface area contributed by atoms with E-state index < -0.39 is 0 Å². The largest absolute Gasteiger partial charge is 0.495 e. The Morgan fingerprint density at radius 3 is 2.62 bits per heavy atom. The van der Waals surface area contributed by atoms with Gasteiger partial charge in [0.2, 0.25) is 0 Å². The van der Waals surface area contributed by atoms with E-state index in [1.165, 1.54) is 0 Å². The van der Waals surface area contributed by atoms with Gasteiger partial charge in [0, 0.05) is 17.1 Å². The van der Waals surface area contributed by atoms with Crippen LogP contribution in [-0.4, -0.2) is 25.2 Å². The van der Waals surface area contributed by atoms with E-state index in [1.807, 2.05) is 48.3 Å². The van der Waals surface area contributed by atoms with Crippen LogP contribution in [0.2, 0.25) is 0 Å². The number of para-hydroxylation sites is 2. The van der Waals surface area contributed by atoms with Gasteiger partial charge < -0.3 is 20.6 Å². The highest BCUT2D eigenvalue weighted by Gasteiger charge is 2.15. The van der Waals surface area contributed by atoms with Crippen molar-refractivity contribution in [1.29, 1.82) is 0 Å². The average Bonchev–Trinajstić information content (AvgIpc) is 2.53. The highest BCUT2D eigenvalue weighted by atomic mass is 79.9. The maximum atomic E-state index is 8.94.